The van der Waals surface area contributed by atoms with E-state index in [1.54, 1.807) is 13.1 Å². The number of aryl methyl sites for hydroxylation is 1. The third-order valence-corrected chi connectivity index (χ3v) is 6.14. The number of aliphatic hydroxyl groups is 2. The molecule has 1 fully saturated rings. The molecule has 0 spiro atoms. The first-order chi connectivity index (χ1) is 15.5. The van der Waals surface area contributed by atoms with E-state index in [1.165, 1.54) is 35.5 Å². The van der Waals surface area contributed by atoms with Crippen LogP contribution in [0.1, 0.15) is 79.8 Å². The summed E-state index contributed by atoms with van der Waals surface area (Å²) >= 11 is 7.53. The topological polar surface area (TPSA) is 78.8 Å². The van der Waals surface area contributed by atoms with Crippen molar-refractivity contribution in [2.24, 2.45) is 5.92 Å². The molecule has 1 heterocycles. The summed E-state index contributed by atoms with van der Waals surface area (Å²) in [7, 11) is 2.57. The van der Waals surface area contributed by atoms with Gasteiger partial charge < -0.3 is 15.1 Å². The summed E-state index contributed by atoms with van der Waals surface area (Å²) < 4.78 is 0. The molecule has 0 unspecified atom stereocenters. The van der Waals surface area contributed by atoms with Crippen molar-refractivity contribution in [3.05, 3.63) is 34.0 Å². The van der Waals surface area contributed by atoms with Crippen LogP contribution in [0.2, 0.25) is 0 Å². The van der Waals surface area contributed by atoms with E-state index in [2.05, 4.69) is 42.2 Å². The second-order valence-corrected chi connectivity index (χ2v) is 9.13. The normalized spacial score (nSPS) is 17.8. The minimum absolute atomic E-state index is 0.138. The van der Waals surface area contributed by atoms with Gasteiger partial charge in [-0.25, -0.2) is 4.79 Å². The number of allylic oxidation sites excluding steroid dienone is 2. The van der Waals surface area contributed by atoms with E-state index in [0.29, 0.717) is 10.3 Å². The molecule has 0 saturated heterocycles. The maximum atomic E-state index is 11.2. The summed E-state index contributed by atoms with van der Waals surface area (Å²) in [5.74, 6) is 0.416. The SMILES string of the molecule is C#C.CCCc1ccc(C(=O)ONC)s1.CO.C[C@@H](O)CCCC/C=C/[C@H]1CC[C@@H](Cl)C1. The number of alkyl halides is 1. The molecule has 7 heteroatoms. The monoisotopic (exact) mass is 487 g/mol. The number of carbonyl (C=O) groups excluding carboxylic acids is 1. The molecular weight excluding hydrogens is 446 g/mol. The number of unbranched alkanes of at least 4 members (excludes halogenated alkanes) is 2. The zero-order chi connectivity index (χ0) is 24.8. The summed E-state index contributed by atoms with van der Waals surface area (Å²) in [6.07, 6.45) is 22.6. The Bertz CT molecular complexity index is 616. The Labute approximate surface area is 204 Å². The minimum Gasteiger partial charge on any atom is -0.400 e. The van der Waals surface area contributed by atoms with E-state index in [1.807, 2.05) is 13.0 Å². The van der Waals surface area contributed by atoms with Gasteiger partial charge in [0, 0.05) is 24.4 Å². The number of hydrogen-bond donors (Lipinski definition) is 3. The third kappa shape index (κ3) is 17.2. The number of terminal acetylenes is 1. The van der Waals surface area contributed by atoms with E-state index in [4.69, 9.17) is 21.8 Å². The highest BCUT2D eigenvalue weighted by molar-refractivity contribution is 7.13. The number of hydrogen-bond acceptors (Lipinski definition) is 6. The molecule has 3 N–H and O–H groups in total. The maximum absolute atomic E-state index is 11.2. The minimum atomic E-state index is -0.310. The molecule has 1 aliphatic rings. The standard InChI is InChI=1S/C13H23ClO.C9H13NO2S.C2H2.CH4O/c1-11(15)6-4-2-3-5-7-12-8-9-13(14)10-12;1-3-4-7-5-6-8(13-7)9(11)12-10-2;2*1-2/h5,7,11-13,15H,2-4,6,8-10H2,1H3;5-6,10H,3-4H2,1-2H3;1-2H;2H,1H3/b7-5+;;;/t11-,12+,13-;;;/m1.../s1. The number of carbonyl (C=O) groups is 1. The molecule has 1 aliphatic carbocycles. The van der Waals surface area contributed by atoms with Crippen LogP contribution in [0, 0.1) is 18.8 Å². The molecule has 1 aromatic heterocycles. The van der Waals surface area contributed by atoms with Gasteiger partial charge in [0.1, 0.15) is 4.88 Å². The van der Waals surface area contributed by atoms with Gasteiger partial charge in [-0.1, -0.05) is 31.9 Å². The van der Waals surface area contributed by atoms with Crippen LogP contribution >= 0.6 is 22.9 Å². The highest BCUT2D eigenvalue weighted by Crippen LogP contribution is 2.30. The largest absolute Gasteiger partial charge is 0.400 e. The lowest BCUT2D eigenvalue weighted by Gasteiger charge is -2.03. The fourth-order valence-corrected chi connectivity index (χ4v) is 4.48. The molecule has 0 bridgehead atoms. The highest BCUT2D eigenvalue weighted by atomic mass is 35.5. The molecule has 0 amide bonds. The van der Waals surface area contributed by atoms with Crippen molar-refractivity contribution in [2.75, 3.05) is 14.2 Å². The van der Waals surface area contributed by atoms with E-state index >= 15 is 0 Å². The van der Waals surface area contributed by atoms with Crippen LogP contribution in [0.25, 0.3) is 0 Å². The van der Waals surface area contributed by atoms with Crippen LogP contribution in [-0.4, -0.2) is 41.8 Å². The van der Waals surface area contributed by atoms with Crippen molar-refractivity contribution in [3.8, 4) is 12.8 Å². The zero-order valence-corrected chi connectivity index (χ0v) is 21.6. The first-order valence-electron chi connectivity index (χ1n) is 11.2. The molecule has 2 rings (SSSR count). The van der Waals surface area contributed by atoms with Gasteiger partial charge in [0.05, 0.1) is 6.10 Å². The summed E-state index contributed by atoms with van der Waals surface area (Å²) in [5.41, 5.74) is 2.36. The number of aliphatic hydroxyl groups excluding tert-OH is 2. The van der Waals surface area contributed by atoms with Crippen LogP contribution in [0.15, 0.2) is 24.3 Å². The van der Waals surface area contributed by atoms with E-state index in [9.17, 15) is 4.79 Å². The lowest BCUT2D eigenvalue weighted by atomic mass is 10.1. The highest BCUT2D eigenvalue weighted by Gasteiger charge is 2.20. The third-order valence-electron chi connectivity index (χ3n) is 4.61. The molecular formula is C25H42ClNO4S. The van der Waals surface area contributed by atoms with Crippen LogP contribution in [0.5, 0.6) is 0 Å². The first-order valence-corrected chi connectivity index (χ1v) is 12.4. The second-order valence-electron chi connectivity index (χ2n) is 7.34. The average Bonchev–Trinajstić information content (AvgIpc) is 3.43. The van der Waals surface area contributed by atoms with Crippen LogP contribution in [0.4, 0.5) is 0 Å². The van der Waals surface area contributed by atoms with Crippen LogP contribution < -0.4 is 5.48 Å². The van der Waals surface area contributed by atoms with Crippen LogP contribution in [-0.2, 0) is 11.3 Å². The predicted molar refractivity (Wildman–Crippen MR) is 137 cm³/mol. The molecule has 5 nitrogen and oxygen atoms in total. The van der Waals surface area contributed by atoms with E-state index < -0.39 is 0 Å². The lowest BCUT2D eigenvalue weighted by molar-refractivity contribution is 0.0316. The first kappa shape index (κ1) is 32.8. The van der Waals surface area contributed by atoms with Crippen molar-refractivity contribution in [2.45, 2.75) is 83.1 Å². The molecule has 0 radical (unpaired) electrons. The molecule has 1 aromatic rings. The molecule has 3 atom stereocenters. The predicted octanol–water partition coefficient (Wildman–Crippen LogP) is 5.74. The Hall–Kier alpha value is -1.36. The zero-order valence-electron chi connectivity index (χ0n) is 20.1. The summed E-state index contributed by atoms with van der Waals surface area (Å²) in [5, 5.41) is 16.5. The average molecular weight is 488 g/mol. The fourth-order valence-electron chi connectivity index (χ4n) is 3.14. The Balaban J connectivity index is 0. The number of hydroxylamine groups is 1. The van der Waals surface area contributed by atoms with Gasteiger partial charge in [0.25, 0.3) is 0 Å². The van der Waals surface area contributed by atoms with Gasteiger partial charge in [-0.3, -0.25) is 0 Å². The van der Waals surface area contributed by atoms with Gasteiger partial charge in [-0.05, 0) is 69.9 Å². The van der Waals surface area contributed by atoms with Gasteiger partial charge >= 0.3 is 5.97 Å². The van der Waals surface area contributed by atoms with E-state index in [0.717, 1.165) is 51.6 Å². The van der Waals surface area contributed by atoms with Crippen molar-refractivity contribution < 1.29 is 19.8 Å². The smallest absolute Gasteiger partial charge is 0.366 e. The van der Waals surface area contributed by atoms with Gasteiger partial charge in [0.15, 0.2) is 0 Å². The summed E-state index contributed by atoms with van der Waals surface area (Å²) in [6.45, 7) is 3.97. The van der Waals surface area contributed by atoms with Gasteiger partial charge in [-0.2, -0.15) is 5.48 Å². The Kier molecular flexibility index (Phi) is 23.4. The van der Waals surface area contributed by atoms with Crippen LogP contribution in [0.3, 0.4) is 0 Å². The molecule has 0 aromatic carbocycles. The summed E-state index contributed by atoms with van der Waals surface area (Å²) in [4.78, 5) is 17.7. The maximum Gasteiger partial charge on any atom is 0.366 e. The second kappa shape index (κ2) is 22.8. The summed E-state index contributed by atoms with van der Waals surface area (Å²) in [6, 6.07) is 3.77. The fraction of sp³-hybridized carbons (Fsp3) is 0.640. The molecule has 0 aliphatic heterocycles. The van der Waals surface area contributed by atoms with Crippen molar-refractivity contribution in [1.29, 1.82) is 0 Å². The molecule has 1 saturated carbocycles. The van der Waals surface area contributed by atoms with E-state index in [-0.39, 0.29) is 12.1 Å². The number of rotatable bonds is 10. The Morgan fingerprint density at radius 3 is 2.56 bits per heavy atom. The number of halogens is 1. The number of nitrogens with one attached hydrogen (secondary N) is 1. The van der Waals surface area contributed by atoms with Crippen molar-refractivity contribution in [3.63, 3.8) is 0 Å². The Morgan fingerprint density at radius 1 is 1.34 bits per heavy atom. The Morgan fingerprint density at radius 2 is 2.03 bits per heavy atom. The van der Waals surface area contributed by atoms with Crippen molar-refractivity contribution >= 4 is 28.9 Å². The molecule has 184 valence electrons. The number of thiophene rings is 1. The lowest BCUT2D eigenvalue weighted by Crippen LogP contribution is -2.13. The van der Waals surface area contributed by atoms with Crippen molar-refractivity contribution in [1.82, 2.24) is 5.48 Å². The van der Waals surface area contributed by atoms with Gasteiger partial charge in [-0.15, -0.1) is 35.8 Å². The molecule has 32 heavy (non-hydrogen) atoms. The quantitative estimate of drug-likeness (QED) is 0.129. The van der Waals surface area contributed by atoms with Gasteiger partial charge in [0.2, 0.25) is 0 Å².